The Morgan fingerprint density at radius 2 is 1.90 bits per heavy atom. The van der Waals surface area contributed by atoms with Crippen molar-refractivity contribution in [1.82, 2.24) is 5.32 Å². The molecule has 0 aliphatic heterocycles. The molecule has 0 bridgehead atoms. The van der Waals surface area contributed by atoms with Crippen molar-refractivity contribution >= 4 is 11.8 Å². The number of thioether (sulfide) groups is 1. The zero-order valence-electron chi connectivity index (χ0n) is 13.5. The van der Waals surface area contributed by atoms with Gasteiger partial charge in [0.25, 0.3) is 0 Å². The predicted molar refractivity (Wildman–Crippen MR) is 90.6 cm³/mol. The minimum Gasteiger partial charge on any atom is -0.297 e. The van der Waals surface area contributed by atoms with Crippen LogP contribution in [0.4, 0.5) is 0 Å². The number of nitriles is 1. The smallest absolute Gasteiger partial charge is 0.108 e. The average Bonchev–Trinajstić information content (AvgIpc) is 2.82. The molecule has 2 atom stereocenters. The fourth-order valence-corrected chi connectivity index (χ4v) is 4.32. The van der Waals surface area contributed by atoms with Gasteiger partial charge in [-0.2, -0.15) is 5.26 Å². The summed E-state index contributed by atoms with van der Waals surface area (Å²) in [6, 6.07) is 11.8. The van der Waals surface area contributed by atoms with Gasteiger partial charge in [0.2, 0.25) is 0 Å². The lowest BCUT2D eigenvalue weighted by molar-refractivity contribution is 0.386. The van der Waals surface area contributed by atoms with Crippen molar-refractivity contribution in [3.8, 4) is 6.07 Å². The van der Waals surface area contributed by atoms with Crippen LogP contribution < -0.4 is 5.32 Å². The monoisotopic (exact) mass is 302 g/mol. The second-order valence-corrected chi connectivity index (χ2v) is 8.07. The van der Waals surface area contributed by atoms with Gasteiger partial charge in [0.15, 0.2) is 0 Å². The third kappa shape index (κ3) is 4.25. The Hall–Kier alpha value is -0.980. The lowest BCUT2D eigenvalue weighted by atomic mass is 9.99. The van der Waals surface area contributed by atoms with E-state index in [0.29, 0.717) is 17.2 Å². The van der Waals surface area contributed by atoms with Crippen molar-refractivity contribution in [3.05, 3.63) is 29.8 Å². The van der Waals surface area contributed by atoms with E-state index in [1.807, 2.05) is 11.8 Å². The van der Waals surface area contributed by atoms with Crippen LogP contribution in [0.3, 0.4) is 0 Å². The Kier molecular flexibility index (Phi) is 5.35. The summed E-state index contributed by atoms with van der Waals surface area (Å²) in [6.45, 7) is 8.67. The SMILES string of the molecule is CC(C)NC1(C#N)CCC(Sc2ccc(C(C)C)cc2)C1. The molecule has 0 radical (unpaired) electrons. The Morgan fingerprint density at radius 1 is 1.24 bits per heavy atom. The molecule has 1 aliphatic carbocycles. The molecule has 1 aromatic carbocycles. The molecular weight excluding hydrogens is 276 g/mol. The molecule has 2 unspecified atom stereocenters. The summed E-state index contributed by atoms with van der Waals surface area (Å²) >= 11 is 1.93. The van der Waals surface area contributed by atoms with Crippen LogP contribution in [0.25, 0.3) is 0 Å². The molecule has 0 spiro atoms. The highest BCUT2D eigenvalue weighted by Gasteiger charge is 2.40. The number of nitrogens with zero attached hydrogens (tertiary/aromatic N) is 1. The largest absolute Gasteiger partial charge is 0.297 e. The van der Waals surface area contributed by atoms with Gasteiger partial charge in [0.1, 0.15) is 5.54 Å². The minimum absolute atomic E-state index is 0.316. The van der Waals surface area contributed by atoms with E-state index >= 15 is 0 Å². The van der Waals surface area contributed by atoms with E-state index in [1.165, 1.54) is 10.5 Å². The zero-order valence-corrected chi connectivity index (χ0v) is 14.3. The normalized spacial score (nSPS) is 25.5. The van der Waals surface area contributed by atoms with Crippen molar-refractivity contribution in [1.29, 1.82) is 5.26 Å². The first-order valence-corrected chi connectivity index (χ1v) is 8.77. The molecule has 0 heterocycles. The van der Waals surface area contributed by atoms with Crippen LogP contribution >= 0.6 is 11.8 Å². The van der Waals surface area contributed by atoms with E-state index < -0.39 is 0 Å². The number of benzene rings is 1. The molecule has 114 valence electrons. The summed E-state index contributed by atoms with van der Waals surface area (Å²) < 4.78 is 0. The number of hydrogen-bond acceptors (Lipinski definition) is 3. The van der Waals surface area contributed by atoms with Gasteiger partial charge in [0, 0.05) is 16.2 Å². The molecule has 3 heteroatoms. The summed E-state index contributed by atoms with van der Waals surface area (Å²) in [5, 5.41) is 13.5. The van der Waals surface area contributed by atoms with Gasteiger partial charge in [-0.3, -0.25) is 5.32 Å². The number of rotatable bonds is 5. The van der Waals surface area contributed by atoms with Gasteiger partial charge < -0.3 is 0 Å². The first-order chi connectivity index (χ1) is 9.94. The molecule has 0 aromatic heterocycles. The van der Waals surface area contributed by atoms with Crippen molar-refractivity contribution < 1.29 is 0 Å². The third-order valence-electron chi connectivity index (χ3n) is 4.10. The zero-order chi connectivity index (χ0) is 15.5. The first kappa shape index (κ1) is 16.4. The van der Waals surface area contributed by atoms with Crippen molar-refractivity contribution in [2.24, 2.45) is 0 Å². The van der Waals surface area contributed by atoms with Crippen LogP contribution in [0.5, 0.6) is 0 Å². The van der Waals surface area contributed by atoms with Crippen LogP contribution in [0.2, 0.25) is 0 Å². The molecule has 2 rings (SSSR count). The van der Waals surface area contributed by atoms with Gasteiger partial charge in [-0.25, -0.2) is 0 Å². The van der Waals surface area contributed by atoms with E-state index in [4.69, 9.17) is 0 Å². The Balaban J connectivity index is 1.97. The van der Waals surface area contributed by atoms with Crippen LogP contribution in [0.15, 0.2) is 29.2 Å². The van der Waals surface area contributed by atoms with Crippen LogP contribution in [-0.2, 0) is 0 Å². The summed E-state index contributed by atoms with van der Waals surface area (Å²) in [5.74, 6) is 0.581. The highest BCUT2D eigenvalue weighted by atomic mass is 32.2. The minimum atomic E-state index is -0.316. The standard InChI is InChI=1S/C18H26N2S/c1-13(2)15-5-7-16(8-6-15)21-17-9-10-18(11-17,12-19)20-14(3)4/h5-8,13-14,17,20H,9-11H2,1-4H3. The van der Waals surface area contributed by atoms with E-state index in [0.717, 1.165) is 19.3 Å². The predicted octanol–water partition coefficient (Wildman–Crippen LogP) is 4.71. The number of nitrogens with one attached hydrogen (secondary N) is 1. The Labute approximate surface area is 133 Å². The van der Waals surface area contributed by atoms with E-state index in [-0.39, 0.29) is 5.54 Å². The molecule has 1 aromatic rings. The fourth-order valence-electron chi connectivity index (χ4n) is 3.04. The lowest BCUT2D eigenvalue weighted by Gasteiger charge is -2.25. The molecule has 1 saturated carbocycles. The Morgan fingerprint density at radius 3 is 2.43 bits per heavy atom. The maximum absolute atomic E-state index is 9.52. The van der Waals surface area contributed by atoms with E-state index in [1.54, 1.807) is 0 Å². The third-order valence-corrected chi connectivity index (χ3v) is 5.38. The van der Waals surface area contributed by atoms with Gasteiger partial charge in [-0.05, 0) is 56.7 Å². The highest BCUT2D eigenvalue weighted by molar-refractivity contribution is 8.00. The van der Waals surface area contributed by atoms with Gasteiger partial charge >= 0.3 is 0 Å². The van der Waals surface area contributed by atoms with Crippen LogP contribution in [0, 0.1) is 11.3 Å². The van der Waals surface area contributed by atoms with Crippen molar-refractivity contribution in [3.63, 3.8) is 0 Å². The molecule has 1 aliphatic rings. The van der Waals surface area contributed by atoms with E-state index in [2.05, 4.69) is 63.3 Å². The van der Waals surface area contributed by atoms with Gasteiger partial charge in [-0.15, -0.1) is 11.8 Å². The molecule has 2 nitrogen and oxygen atoms in total. The maximum Gasteiger partial charge on any atom is 0.108 e. The lowest BCUT2D eigenvalue weighted by Crippen LogP contribution is -2.45. The summed E-state index contributed by atoms with van der Waals surface area (Å²) in [5.41, 5.74) is 1.07. The second kappa shape index (κ2) is 6.85. The van der Waals surface area contributed by atoms with Crippen molar-refractivity contribution in [2.75, 3.05) is 0 Å². The van der Waals surface area contributed by atoms with Gasteiger partial charge in [0.05, 0.1) is 6.07 Å². The average molecular weight is 302 g/mol. The topological polar surface area (TPSA) is 35.8 Å². The Bertz CT molecular complexity index is 501. The summed E-state index contributed by atoms with van der Waals surface area (Å²) in [4.78, 5) is 1.32. The molecule has 1 fully saturated rings. The highest BCUT2D eigenvalue weighted by Crippen LogP contribution is 2.40. The summed E-state index contributed by atoms with van der Waals surface area (Å²) in [7, 11) is 0. The molecular formula is C18H26N2S. The van der Waals surface area contributed by atoms with E-state index in [9.17, 15) is 5.26 Å². The van der Waals surface area contributed by atoms with Gasteiger partial charge in [-0.1, -0.05) is 26.0 Å². The van der Waals surface area contributed by atoms with Crippen molar-refractivity contribution in [2.45, 2.75) is 74.6 Å². The fraction of sp³-hybridized carbons (Fsp3) is 0.611. The van der Waals surface area contributed by atoms with Crippen LogP contribution in [0.1, 0.15) is 58.4 Å². The molecule has 0 saturated heterocycles. The maximum atomic E-state index is 9.52. The molecule has 1 N–H and O–H groups in total. The summed E-state index contributed by atoms with van der Waals surface area (Å²) in [6.07, 6.45) is 3.02. The van der Waals surface area contributed by atoms with Crippen LogP contribution in [-0.4, -0.2) is 16.8 Å². The molecule has 21 heavy (non-hydrogen) atoms. The first-order valence-electron chi connectivity index (χ1n) is 7.90. The molecule has 0 amide bonds. The quantitative estimate of drug-likeness (QED) is 0.855. The second-order valence-electron chi connectivity index (χ2n) is 6.70. The number of hydrogen-bond donors (Lipinski definition) is 1.